The maximum absolute atomic E-state index is 12.5. The molecule has 4 nitrogen and oxygen atoms in total. The fourth-order valence-corrected chi connectivity index (χ4v) is 3.53. The van der Waals surface area contributed by atoms with Crippen LogP contribution in [0, 0.1) is 6.92 Å². The lowest BCUT2D eigenvalue weighted by Crippen LogP contribution is -2.26. The van der Waals surface area contributed by atoms with E-state index in [4.69, 9.17) is 16.1 Å². The second-order valence-corrected chi connectivity index (χ2v) is 6.23. The van der Waals surface area contributed by atoms with Crippen molar-refractivity contribution in [3.8, 4) is 0 Å². The minimum atomic E-state index is -0.123. The molecule has 1 aromatic carbocycles. The first-order chi connectivity index (χ1) is 10.6. The highest BCUT2D eigenvalue weighted by atomic mass is 35.5. The van der Waals surface area contributed by atoms with Gasteiger partial charge in [-0.05, 0) is 37.5 Å². The van der Waals surface area contributed by atoms with Crippen LogP contribution in [0.4, 0.5) is 5.88 Å². The van der Waals surface area contributed by atoms with Crippen molar-refractivity contribution in [3.63, 3.8) is 0 Å². The van der Waals surface area contributed by atoms with E-state index in [0.29, 0.717) is 17.3 Å². The molecule has 1 aliphatic heterocycles. The molecule has 112 valence electrons. The molecule has 0 radical (unpaired) electrons. The van der Waals surface area contributed by atoms with Gasteiger partial charge in [0.2, 0.25) is 5.88 Å². The molecule has 2 heterocycles. The lowest BCUT2D eigenvalue weighted by Gasteiger charge is -2.31. The van der Waals surface area contributed by atoms with E-state index in [-0.39, 0.29) is 11.7 Å². The van der Waals surface area contributed by atoms with E-state index in [1.807, 2.05) is 31.2 Å². The van der Waals surface area contributed by atoms with Gasteiger partial charge in [-0.15, -0.1) is 0 Å². The Morgan fingerprint density at radius 1 is 1.27 bits per heavy atom. The predicted molar refractivity (Wildman–Crippen MR) is 84.0 cm³/mol. The van der Waals surface area contributed by atoms with Crippen molar-refractivity contribution in [1.29, 1.82) is 0 Å². The third kappa shape index (κ3) is 1.98. The zero-order valence-corrected chi connectivity index (χ0v) is 12.9. The summed E-state index contributed by atoms with van der Waals surface area (Å²) in [4.78, 5) is 12.5. The van der Waals surface area contributed by atoms with E-state index in [2.05, 4.69) is 10.5 Å². The van der Waals surface area contributed by atoms with Gasteiger partial charge in [-0.25, -0.2) is 0 Å². The van der Waals surface area contributed by atoms with Gasteiger partial charge in [0.05, 0.1) is 11.3 Å². The fraction of sp³-hybridized carbons (Fsp3) is 0.294. The molecule has 2 aliphatic rings. The van der Waals surface area contributed by atoms with Crippen molar-refractivity contribution >= 4 is 23.3 Å². The summed E-state index contributed by atoms with van der Waals surface area (Å²) in [5, 5.41) is 8.02. The number of anilines is 1. The second kappa shape index (κ2) is 4.99. The van der Waals surface area contributed by atoms with E-state index in [9.17, 15) is 4.79 Å². The Morgan fingerprint density at radius 2 is 2.05 bits per heavy atom. The number of rotatable bonds is 1. The normalized spacial score (nSPS) is 20.5. The summed E-state index contributed by atoms with van der Waals surface area (Å²) in [7, 11) is 0. The molecule has 22 heavy (non-hydrogen) atoms. The number of aromatic nitrogens is 1. The fourth-order valence-electron chi connectivity index (χ4n) is 3.41. The van der Waals surface area contributed by atoms with Gasteiger partial charge in [0.1, 0.15) is 0 Å². The predicted octanol–water partition coefficient (Wildman–Crippen LogP) is 4.20. The summed E-state index contributed by atoms with van der Waals surface area (Å²) in [5.41, 5.74) is 4.64. The van der Waals surface area contributed by atoms with Crippen molar-refractivity contribution in [3.05, 3.63) is 57.4 Å². The zero-order valence-electron chi connectivity index (χ0n) is 12.1. The van der Waals surface area contributed by atoms with Crippen molar-refractivity contribution in [2.75, 3.05) is 5.32 Å². The first-order valence-corrected chi connectivity index (χ1v) is 7.78. The maximum Gasteiger partial charge on any atom is 0.233 e. The van der Waals surface area contributed by atoms with Gasteiger partial charge in [0.25, 0.3) is 0 Å². The molecule has 1 unspecified atom stereocenters. The van der Waals surface area contributed by atoms with Crippen molar-refractivity contribution in [1.82, 2.24) is 5.16 Å². The van der Waals surface area contributed by atoms with Crippen LogP contribution >= 0.6 is 11.6 Å². The van der Waals surface area contributed by atoms with E-state index in [0.717, 1.165) is 40.9 Å². The summed E-state index contributed by atoms with van der Waals surface area (Å²) >= 11 is 6.00. The number of nitrogens with zero attached hydrogens (tertiary/aromatic N) is 1. The molecule has 1 atom stereocenters. The van der Waals surface area contributed by atoms with Gasteiger partial charge >= 0.3 is 0 Å². The standard InChI is InChI=1S/C17H15ClN2O2/c1-9-14-15(10-5-7-11(18)8-6-10)16-12(3-2-4-13(16)21)19-17(14)22-20-9/h5-8,15,19H,2-4H2,1H3. The molecule has 0 spiro atoms. The Labute approximate surface area is 133 Å². The Bertz CT molecular complexity index is 789. The Kier molecular flexibility index (Phi) is 3.08. The summed E-state index contributed by atoms with van der Waals surface area (Å²) in [6.45, 7) is 1.91. The zero-order chi connectivity index (χ0) is 15.3. The lowest BCUT2D eigenvalue weighted by atomic mass is 9.76. The van der Waals surface area contributed by atoms with Crippen LogP contribution in [0.5, 0.6) is 0 Å². The average molecular weight is 315 g/mol. The van der Waals surface area contributed by atoms with Gasteiger partial charge in [0, 0.05) is 28.6 Å². The molecule has 0 saturated carbocycles. The smallest absolute Gasteiger partial charge is 0.233 e. The number of hydrogen-bond acceptors (Lipinski definition) is 4. The molecule has 1 aromatic heterocycles. The number of allylic oxidation sites excluding steroid dienone is 2. The second-order valence-electron chi connectivity index (χ2n) is 5.79. The maximum atomic E-state index is 12.5. The van der Waals surface area contributed by atoms with Crippen molar-refractivity contribution in [2.24, 2.45) is 0 Å². The summed E-state index contributed by atoms with van der Waals surface area (Å²) in [6, 6.07) is 7.66. The van der Waals surface area contributed by atoms with Crippen molar-refractivity contribution in [2.45, 2.75) is 32.1 Å². The topological polar surface area (TPSA) is 55.1 Å². The molecule has 0 amide bonds. The number of ketones is 1. The van der Waals surface area contributed by atoms with E-state index >= 15 is 0 Å². The van der Waals surface area contributed by atoms with Crippen LogP contribution in [0.25, 0.3) is 0 Å². The number of halogens is 1. The minimum Gasteiger partial charge on any atom is -0.338 e. The van der Waals surface area contributed by atoms with E-state index < -0.39 is 0 Å². The molecule has 4 rings (SSSR count). The first kappa shape index (κ1) is 13.6. The van der Waals surface area contributed by atoms with Gasteiger partial charge < -0.3 is 9.84 Å². The molecular weight excluding hydrogens is 300 g/mol. The van der Waals surface area contributed by atoms with Crippen LogP contribution in [-0.2, 0) is 4.79 Å². The molecule has 1 aliphatic carbocycles. The molecular formula is C17H15ClN2O2. The summed E-state index contributed by atoms with van der Waals surface area (Å²) in [5.74, 6) is 0.744. The van der Waals surface area contributed by atoms with Crippen LogP contribution in [-0.4, -0.2) is 10.9 Å². The van der Waals surface area contributed by atoms with Crippen LogP contribution in [0.2, 0.25) is 5.02 Å². The van der Waals surface area contributed by atoms with Crippen LogP contribution in [0.15, 0.2) is 40.1 Å². The summed E-state index contributed by atoms with van der Waals surface area (Å²) in [6.07, 6.45) is 2.34. The largest absolute Gasteiger partial charge is 0.338 e. The van der Waals surface area contributed by atoms with Gasteiger partial charge in [-0.1, -0.05) is 28.9 Å². The van der Waals surface area contributed by atoms with E-state index in [1.165, 1.54) is 0 Å². The van der Waals surface area contributed by atoms with Crippen LogP contribution < -0.4 is 5.32 Å². The highest BCUT2D eigenvalue weighted by molar-refractivity contribution is 6.30. The average Bonchev–Trinajstić information content (AvgIpc) is 2.88. The highest BCUT2D eigenvalue weighted by Gasteiger charge is 2.38. The number of hydrogen-bond donors (Lipinski definition) is 1. The monoisotopic (exact) mass is 314 g/mol. The molecule has 2 aromatic rings. The van der Waals surface area contributed by atoms with Gasteiger partial charge in [0.15, 0.2) is 5.78 Å². The van der Waals surface area contributed by atoms with Crippen LogP contribution in [0.1, 0.15) is 42.0 Å². The molecule has 0 fully saturated rings. The molecule has 1 N–H and O–H groups in total. The number of benzene rings is 1. The Hall–Kier alpha value is -2.07. The van der Waals surface area contributed by atoms with E-state index in [1.54, 1.807) is 0 Å². The van der Waals surface area contributed by atoms with Crippen molar-refractivity contribution < 1.29 is 9.32 Å². The summed E-state index contributed by atoms with van der Waals surface area (Å²) < 4.78 is 5.41. The quantitative estimate of drug-likeness (QED) is 0.857. The number of aryl methyl sites for hydroxylation is 1. The third-order valence-electron chi connectivity index (χ3n) is 4.41. The number of nitrogens with one attached hydrogen (secondary N) is 1. The lowest BCUT2D eigenvalue weighted by molar-refractivity contribution is -0.116. The number of fused-ring (bicyclic) bond motifs is 1. The SMILES string of the molecule is Cc1noc2c1C(c1ccc(Cl)cc1)C1=C(CCCC1=O)N2. The molecule has 0 bridgehead atoms. The number of Topliss-reactive ketones (excluding diaryl/α,β-unsaturated/α-hetero) is 1. The minimum absolute atomic E-state index is 0.123. The first-order valence-electron chi connectivity index (χ1n) is 7.40. The van der Waals surface area contributed by atoms with Gasteiger partial charge in [-0.3, -0.25) is 4.79 Å². The third-order valence-corrected chi connectivity index (χ3v) is 4.66. The van der Waals surface area contributed by atoms with Crippen LogP contribution in [0.3, 0.4) is 0 Å². The highest BCUT2D eigenvalue weighted by Crippen LogP contribution is 2.46. The Morgan fingerprint density at radius 3 is 2.82 bits per heavy atom. The Balaban J connectivity index is 1.94. The number of carbonyl (C=O) groups excluding carboxylic acids is 1. The number of carbonyl (C=O) groups is 1. The molecule has 0 saturated heterocycles. The van der Waals surface area contributed by atoms with Gasteiger partial charge in [-0.2, -0.15) is 0 Å². The molecule has 5 heteroatoms.